The van der Waals surface area contributed by atoms with Gasteiger partial charge in [-0.2, -0.15) is 0 Å². The molecule has 12 rings (SSSR count). The number of thiophene rings is 2. The fourth-order valence-electron chi connectivity index (χ4n) is 9.71. The van der Waals surface area contributed by atoms with E-state index in [1.54, 1.807) is 17.4 Å². The van der Waals surface area contributed by atoms with Gasteiger partial charge < -0.3 is 10.8 Å². The number of hydrogen-bond donors (Lipinski definition) is 2. The molecule has 0 unspecified atom stereocenters. The van der Waals surface area contributed by atoms with Crippen LogP contribution in [-0.2, 0) is 0 Å². The van der Waals surface area contributed by atoms with Crippen molar-refractivity contribution >= 4 is 67.0 Å². The van der Waals surface area contributed by atoms with Crippen LogP contribution >= 0.6 is 35.1 Å². The van der Waals surface area contributed by atoms with Gasteiger partial charge >= 0.3 is 5.97 Å². The first-order valence-corrected chi connectivity index (χ1v) is 21.1. The van der Waals surface area contributed by atoms with Crippen molar-refractivity contribution in [3.05, 3.63) is 69.4 Å². The van der Waals surface area contributed by atoms with Crippen molar-refractivity contribution in [2.45, 2.75) is 114 Å². The van der Waals surface area contributed by atoms with Gasteiger partial charge in [-0.15, -0.1) is 35.1 Å². The summed E-state index contributed by atoms with van der Waals surface area (Å²) in [4.78, 5) is 30.4. The predicted molar refractivity (Wildman–Crippen MR) is 219 cm³/mol. The Labute approximate surface area is 323 Å². The van der Waals surface area contributed by atoms with Gasteiger partial charge in [-0.25, -0.2) is 4.79 Å². The van der Waals surface area contributed by atoms with Gasteiger partial charge in [0.25, 0.3) is 0 Å². The van der Waals surface area contributed by atoms with Crippen LogP contribution < -0.4 is 5.73 Å². The van der Waals surface area contributed by atoms with Crippen LogP contribution in [0.3, 0.4) is 0 Å². The molecule has 52 heavy (non-hydrogen) atoms. The molecule has 4 bridgehead atoms. The average Bonchev–Trinajstić information content (AvgIpc) is 4.07. The van der Waals surface area contributed by atoms with Gasteiger partial charge in [0, 0.05) is 32.9 Å². The molecule has 280 valence electrons. The Kier molecular flexibility index (Phi) is 10.7. The van der Waals surface area contributed by atoms with E-state index in [2.05, 4.69) is 73.9 Å². The topological polar surface area (TPSA) is 86.9 Å². The molecule has 2 aromatic heterocycles. The molecule has 4 aromatic rings. The standard InChI is InChI=1S/C22H27NOS.C12H10O2S.C9H18N2.ClH/c1-22(2)18(15-7-9-23(22)10-8-15)13-19(24)21-12-17-6-5-16(14-3-4-14)11-20(17)25-21;13-12(14)11-6-9-4-3-8(7-1-2-7)5-10(9)15-11;1-9(2)8(10)7-3-5-11(9)6-4-7;/h5-6,11-12,14-15,18H,3-4,7-10,13H2,1-2H3;3-7H,1-2H2,(H,13,14);7-8H,3-6,10H2,1-2H3;1H/t18-;;8-;/m0.0./s1. The third-order valence-corrected chi connectivity index (χ3v) is 15.8. The zero-order valence-corrected chi connectivity index (χ0v) is 33.7. The average molecular weight is 763 g/mol. The van der Waals surface area contributed by atoms with E-state index in [9.17, 15) is 9.59 Å². The Balaban J connectivity index is 0.000000132. The van der Waals surface area contributed by atoms with Crippen molar-refractivity contribution in [2.75, 3.05) is 26.2 Å². The van der Waals surface area contributed by atoms with Crippen LogP contribution in [-0.4, -0.2) is 70.0 Å². The van der Waals surface area contributed by atoms with E-state index >= 15 is 0 Å². The summed E-state index contributed by atoms with van der Waals surface area (Å²) >= 11 is 3.08. The number of benzene rings is 2. The molecule has 2 saturated carbocycles. The highest BCUT2D eigenvalue weighted by molar-refractivity contribution is 7.21. The summed E-state index contributed by atoms with van der Waals surface area (Å²) in [6.07, 6.45) is 11.1. The van der Waals surface area contributed by atoms with Gasteiger partial charge in [-0.1, -0.05) is 24.3 Å². The molecule has 6 saturated heterocycles. The second-order valence-electron chi connectivity index (χ2n) is 17.4. The van der Waals surface area contributed by atoms with Crippen LogP contribution in [0.2, 0.25) is 0 Å². The Morgan fingerprint density at radius 2 is 1.15 bits per heavy atom. The number of carbonyl (C=O) groups excluding carboxylic acids is 1. The van der Waals surface area contributed by atoms with Gasteiger partial charge in [-0.05, 0) is 181 Å². The fourth-order valence-corrected chi connectivity index (χ4v) is 11.7. The maximum Gasteiger partial charge on any atom is 0.345 e. The summed E-state index contributed by atoms with van der Waals surface area (Å²) in [5.41, 5.74) is 9.42. The summed E-state index contributed by atoms with van der Waals surface area (Å²) in [6.45, 7) is 14.2. The number of fused-ring (bicyclic) bond motifs is 8. The molecule has 2 aliphatic carbocycles. The normalized spacial score (nSPS) is 29.4. The third kappa shape index (κ3) is 7.50. The number of rotatable bonds is 6. The molecule has 2 aromatic carbocycles. The van der Waals surface area contributed by atoms with Crippen LogP contribution in [0.5, 0.6) is 0 Å². The number of ketones is 1. The number of halogens is 1. The molecule has 8 aliphatic rings. The Hall–Kier alpha value is -2.33. The van der Waals surface area contributed by atoms with Crippen molar-refractivity contribution in [1.82, 2.24) is 9.80 Å². The number of carbonyl (C=O) groups is 2. The van der Waals surface area contributed by atoms with E-state index in [-0.39, 0.29) is 23.5 Å². The molecule has 9 heteroatoms. The molecule has 8 fully saturated rings. The molecule has 2 atom stereocenters. The van der Waals surface area contributed by atoms with E-state index in [1.165, 1.54) is 110 Å². The first-order valence-electron chi connectivity index (χ1n) is 19.5. The monoisotopic (exact) mass is 761 g/mol. The Morgan fingerprint density at radius 1 is 0.692 bits per heavy atom. The summed E-state index contributed by atoms with van der Waals surface area (Å²) in [6, 6.07) is 17.4. The quantitative estimate of drug-likeness (QED) is 0.190. The Morgan fingerprint density at radius 3 is 1.58 bits per heavy atom. The van der Waals surface area contributed by atoms with Crippen molar-refractivity contribution in [3.8, 4) is 0 Å². The highest BCUT2D eigenvalue weighted by atomic mass is 35.5. The van der Waals surface area contributed by atoms with Gasteiger partial charge in [0.15, 0.2) is 5.78 Å². The number of nitrogens with zero attached hydrogens (tertiary/aromatic N) is 2. The SMILES string of the molecule is CC1(C)[C@@H](CC(=O)c2cc3ccc(C4CC4)cc3s2)C2CCN1CC2.CC1(C)[C@@H](N)C2CCN1CC2.Cl.O=C(O)c1cc2ccc(C3CC3)cc2s1. The minimum atomic E-state index is -0.829. The molecule has 3 N–H and O–H groups in total. The third-order valence-electron chi connectivity index (χ3n) is 13.6. The maximum absolute atomic E-state index is 13.1. The Bertz CT molecular complexity index is 1920. The lowest BCUT2D eigenvalue weighted by Crippen LogP contribution is -2.67. The molecule has 0 radical (unpaired) electrons. The van der Waals surface area contributed by atoms with E-state index in [4.69, 9.17) is 10.8 Å². The molecule has 0 spiro atoms. The molecule has 8 heterocycles. The van der Waals surface area contributed by atoms with E-state index in [0.29, 0.717) is 22.6 Å². The highest BCUT2D eigenvalue weighted by Crippen LogP contribution is 2.47. The predicted octanol–water partition coefficient (Wildman–Crippen LogP) is 10.2. The molecular weight excluding hydrogens is 706 g/mol. The summed E-state index contributed by atoms with van der Waals surface area (Å²) in [7, 11) is 0. The summed E-state index contributed by atoms with van der Waals surface area (Å²) < 4.78 is 2.39. The molecule has 6 aliphatic heterocycles. The lowest BCUT2D eigenvalue weighted by molar-refractivity contribution is -0.0643. The first-order chi connectivity index (χ1) is 24.4. The van der Waals surface area contributed by atoms with Crippen LogP contribution in [0, 0.1) is 17.8 Å². The van der Waals surface area contributed by atoms with Gasteiger partial charge in [-0.3, -0.25) is 14.6 Å². The van der Waals surface area contributed by atoms with Crippen molar-refractivity contribution in [3.63, 3.8) is 0 Å². The van der Waals surface area contributed by atoms with Crippen molar-refractivity contribution < 1.29 is 14.7 Å². The number of carboxylic acid groups (broad SMARTS) is 1. The molecule has 0 amide bonds. The second-order valence-corrected chi connectivity index (χ2v) is 19.6. The van der Waals surface area contributed by atoms with E-state index < -0.39 is 5.97 Å². The fraction of sp³-hybridized carbons (Fsp3) is 0.581. The van der Waals surface area contributed by atoms with Crippen LogP contribution in [0.25, 0.3) is 20.2 Å². The van der Waals surface area contributed by atoms with Gasteiger partial charge in [0.1, 0.15) is 4.88 Å². The lowest BCUT2D eigenvalue weighted by Gasteiger charge is -2.56. The number of aromatic carboxylic acids is 1. The number of nitrogens with two attached hydrogens (primary N) is 1. The smallest absolute Gasteiger partial charge is 0.345 e. The van der Waals surface area contributed by atoms with E-state index in [1.807, 2.05) is 6.07 Å². The lowest BCUT2D eigenvalue weighted by atomic mass is 9.65. The van der Waals surface area contributed by atoms with Crippen LogP contribution in [0.15, 0.2) is 48.5 Å². The second kappa shape index (κ2) is 14.7. The minimum absolute atomic E-state index is 0. The number of Topliss-reactive ketones (excluding diaryl/α,β-unsaturated/α-hetero) is 1. The zero-order valence-electron chi connectivity index (χ0n) is 31.2. The van der Waals surface area contributed by atoms with Crippen molar-refractivity contribution in [1.29, 1.82) is 0 Å². The van der Waals surface area contributed by atoms with Crippen LogP contribution in [0.1, 0.15) is 128 Å². The minimum Gasteiger partial charge on any atom is -0.477 e. The number of hydrogen-bond acceptors (Lipinski definition) is 7. The van der Waals surface area contributed by atoms with E-state index in [0.717, 1.165) is 45.1 Å². The highest BCUT2D eigenvalue weighted by Gasteiger charge is 2.48. The number of carboxylic acids is 1. The van der Waals surface area contributed by atoms with Gasteiger partial charge in [0.2, 0.25) is 0 Å². The maximum atomic E-state index is 13.1. The van der Waals surface area contributed by atoms with Gasteiger partial charge in [0.05, 0.1) is 4.88 Å². The zero-order chi connectivity index (χ0) is 35.7. The van der Waals surface area contributed by atoms with Crippen molar-refractivity contribution in [2.24, 2.45) is 23.5 Å². The number of piperidine rings is 6. The van der Waals surface area contributed by atoms with Crippen LogP contribution in [0.4, 0.5) is 0 Å². The summed E-state index contributed by atoms with van der Waals surface area (Å²) in [5, 5.41) is 11.2. The molecular formula is C43H56ClN3O3S2. The first kappa shape index (κ1) is 38.0. The summed E-state index contributed by atoms with van der Waals surface area (Å²) in [5.74, 6) is 3.08. The molecule has 6 nitrogen and oxygen atoms in total. The largest absolute Gasteiger partial charge is 0.477 e.